The number of hydrogen-bond donors (Lipinski definition) is 4. The molecule has 1 aliphatic rings. The van der Waals surface area contributed by atoms with Crippen LogP contribution >= 0.6 is 0 Å². The van der Waals surface area contributed by atoms with Crippen LogP contribution < -0.4 is 15.1 Å². The number of H-pyrrole nitrogens is 2. The molecule has 0 atom stereocenters. The Morgan fingerprint density at radius 2 is 1.71 bits per heavy atom. The van der Waals surface area contributed by atoms with E-state index < -0.39 is 20.0 Å². The largest absolute Gasteiger partial charge is 0.340 e. The number of rotatable bonds is 6. The van der Waals surface area contributed by atoms with Crippen LogP contribution in [0.2, 0.25) is 0 Å². The topological polar surface area (TPSA) is 220 Å². The standard InChI is InChI=1S/C19H20N10O4S2/c1-10-4-2-7-14(34(20,30)31)16(10)19-24-28-29(25-19)12-8-13(11-5-3-6-11)17(18-22-26-27-23-18)15(9-12)35(21,32)33/h2,4,7-9,11H,3,5-6H2,1H3,(H5,20,21,22,23,26,27,30,31,32,33)/p+1. The van der Waals surface area contributed by atoms with Gasteiger partial charge in [0, 0.05) is 11.6 Å². The van der Waals surface area contributed by atoms with Gasteiger partial charge in [0.05, 0.1) is 20.5 Å². The first-order valence-electron chi connectivity index (χ1n) is 10.5. The number of benzene rings is 2. The first kappa shape index (κ1) is 23.2. The Hall–Kier alpha value is -3.60. The van der Waals surface area contributed by atoms with Crippen LogP contribution in [0.25, 0.3) is 28.5 Å². The Morgan fingerprint density at radius 1 is 0.971 bits per heavy atom. The summed E-state index contributed by atoms with van der Waals surface area (Å²) < 4.78 is 49.4. The molecule has 1 saturated carbocycles. The van der Waals surface area contributed by atoms with Crippen LogP contribution in [-0.2, 0) is 20.0 Å². The van der Waals surface area contributed by atoms with Gasteiger partial charge in [0.25, 0.3) is 0 Å². The molecule has 16 heteroatoms. The van der Waals surface area contributed by atoms with Crippen molar-refractivity contribution in [3.8, 4) is 28.5 Å². The number of aryl methyl sites for hydroxylation is 1. The molecule has 1 fully saturated rings. The number of hydrogen-bond acceptors (Lipinski definition) is 9. The molecule has 2 aromatic carbocycles. The van der Waals surface area contributed by atoms with Gasteiger partial charge >= 0.3 is 5.82 Å². The molecule has 4 aromatic rings. The van der Waals surface area contributed by atoms with Crippen LogP contribution in [0, 0.1) is 6.92 Å². The minimum atomic E-state index is -4.20. The molecule has 14 nitrogen and oxygen atoms in total. The van der Waals surface area contributed by atoms with Gasteiger partial charge in [0.2, 0.25) is 25.9 Å². The molecule has 6 N–H and O–H groups in total. The van der Waals surface area contributed by atoms with Crippen LogP contribution in [0.4, 0.5) is 0 Å². The van der Waals surface area contributed by atoms with Gasteiger partial charge in [0.1, 0.15) is 0 Å². The molecule has 0 unspecified atom stereocenters. The van der Waals surface area contributed by atoms with E-state index >= 15 is 0 Å². The number of tetrazole rings is 2. The number of primary sulfonamides is 2. The first-order chi connectivity index (χ1) is 16.5. The van der Waals surface area contributed by atoms with E-state index in [-0.39, 0.29) is 38.5 Å². The van der Waals surface area contributed by atoms with Gasteiger partial charge in [-0.05, 0) is 69.3 Å². The average Bonchev–Trinajstić information content (AvgIpc) is 3.43. The Bertz CT molecular complexity index is 1640. The SMILES string of the molecule is Cc1cccc(S(N)(=O)=O)c1-c1n[nH][n+](-c2cc(C3CCC3)c(-c3nn[nH]n3)c(S(N)(=O)=O)c2)n1. The van der Waals surface area contributed by atoms with E-state index in [1.807, 2.05) is 0 Å². The normalized spacial score (nSPS) is 14.7. The van der Waals surface area contributed by atoms with Gasteiger partial charge in [0.15, 0.2) is 5.69 Å². The summed E-state index contributed by atoms with van der Waals surface area (Å²) in [5.74, 6) is 0.248. The lowest BCUT2D eigenvalue weighted by Crippen LogP contribution is -2.37. The van der Waals surface area contributed by atoms with Crippen LogP contribution in [0.1, 0.15) is 36.3 Å². The summed E-state index contributed by atoms with van der Waals surface area (Å²) in [6, 6.07) is 7.73. The zero-order valence-electron chi connectivity index (χ0n) is 18.4. The van der Waals surface area contributed by atoms with Crippen molar-refractivity contribution in [2.45, 2.75) is 41.9 Å². The van der Waals surface area contributed by atoms with Crippen molar-refractivity contribution in [2.75, 3.05) is 0 Å². The fraction of sp³-hybridized carbons (Fsp3) is 0.263. The highest BCUT2D eigenvalue weighted by Gasteiger charge is 2.32. The molecule has 0 saturated heterocycles. The molecule has 0 aliphatic heterocycles. The third-order valence-corrected chi connectivity index (χ3v) is 7.88. The van der Waals surface area contributed by atoms with Crippen molar-refractivity contribution in [1.82, 2.24) is 36.0 Å². The maximum absolute atomic E-state index is 12.6. The smallest absolute Gasteiger partial charge is 0.225 e. The maximum Gasteiger partial charge on any atom is 0.340 e. The van der Waals surface area contributed by atoms with E-state index in [2.05, 4.69) is 36.0 Å². The lowest BCUT2D eigenvalue weighted by Gasteiger charge is -2.28. The van der Waals surface area contributed by atoms with Gasteiger partial charge < -0.3 is 0 Å². The highest BCUT2D eigenvalue weighted by atomic mass is 32.2. The van der Waals surface area contributed by atoms with E-state index in [0.717, 1.165) is 19.3 Å². The maximum atomic E-state index is 12.6. The summed E-state index contributed by atoms with van der Waals surface area (Å²) >= 11 is 0. The monoisotopic (exact) mass is 517 g/mol. The van der Waals surface area contributed by atoms with Crippen molar-refractivity contribution >= 4 is 20.0 Å². The fourth-order valence-corrected chi connectivity index (χ4v) is 5.72. The molecule has 0 radical (unpaired) electrons. The highest BCUT2D eigenvalue weighted by molar-refractivity contribution is 7.89. The van der Waals surface area contributed by atoms with Crippen LogP contribution in [0.3, 0.4) is 0 Å². The summed E-state index contributed by atoms with van der Waals surface area (Å²) in [5.41, 5.74) is 2.12. The second-order valence-corrected chi connectivity index (χ2v) is 11.3. The van der Waals surface area contributed by atoms with Crippen LogP contribution in [0.5, 0.6) is 0 Å². The Balaban J connectivity index is 1.71. The number of aromatic amines is 2. The summed E-state index contributed by atoms with van der Waals surface area (Å²) in [4.78, 5) is 0.923. The van der Waals surface area contributed by atoms with Gasteiger partial charge in [-0.3, -0.25) is 0 Å². The van der Waals surface area contributed by atoms with Gasteiger partial charge in [-0.15, -0.1) is 10.2 Å². The van der Waals surface area contributed by atoms with E-state index in [1.165, 1.54) is 16.9 Å². The molecule has 0 bridgehead atoms. The minimum Gasteiger partial charge on any atom is -0.225 e. The Kier molecular flexibility index (Phi) is 5.47. The number of aromatic nitrogens is 8. The van der Waals surface area contributed by atoms with E-state index in [0.29, 0.717) is 16.8 Å². The van der Waals surface area contributed by atoms with Crippen molar-refractivity contribution in [2.24, 2.45) is 10.3 Å². The molecule has 5 rings (SSSR count). The third kappa shape index (κ3) is 4.20. The zero-order chi connectivity index (χ0) is 25.0. The summed E-state index contributed by atoms with van der Waals surface area (Å²) in [7, 11) is -8.25. The summed E-state index contributed by atoms with van der Waals surface area (Å²) in [6.45, 7) is 1.71. The van der Waals surface area contributed by atoms with Crippen molar-refractivity contribution < 1.29 is 21.6 Å². The second-order valence-electron chi connectivity index (χ2n) is 8.26. The minimum absolute atomic E-state index is 0.0664. The quantitative estimate of drug-likeness (QED) is 0.248. The van der Waals surface area contributed by atoms with Gasteiger partial charge in [-0.2, -0.15) is 5.21 Å². The molecule has 2 aromatic heterocycles. The fourth-order valence-electron chi connectivity index (χ4n) is 4.14. The third-order valence-electron chi connectivity index (χ3n) is 5.99. The molecule has 182 valence electrons. The number of nitrogens with zero attached hydrogens (tertiary/aromatic N) is 6. The van der Waals surface area contributed by atoms with Crippen molar-refractivity contribution in [1.29, 1.82) is 0 Å². The first-order valence-corrected chi connectivity index (χ1v) is 13.6. The second kappa shape index (κ2) is 8.26. The van der Waals surface area contributed by atoms with E-state index in [9.17, 15) is 16.8 Å². The molecular weight excluding hydrogens is 496 g/mol. The lowest BCUT2D eigenvalue weighted by atomic mass is 9.78. The summed E-state index contributed by atoms with van der Waals surface area (Å²) in [6.07, 6.45) is 2.70. The van der Waals surface area contributed by atoms with Crippen LogP contribution in [0.15, 0.2) is 40.1 Å². The van der Waals surface area contributed by atoms with E-state index in [1.54, 1.807) is 25.1 Å². The molecule has 0 spiro atoms. The predicted octanol–water partition coefficient (Wildman–Crippen LogP) is -0.201. The number of nitrogens with two attached hydrogens (primary N) is 2. The molecule has 35 heavy (non-hydrogen) atoms. The van der Waals surface area contributed by atoms with Crippen LogP contribution in [-0.4, -0.2) is 52.9 Å². The number of sulfonamides is 2. The van der Waals surface area contributed by atoms with Crippen molar-refractivity contribution in [3.63, 3.8) is 0 Å². The van der Waals surface area contributed by atoms with Crippen molar-refractivity contribution in [3.05, 3.63) is 41.5 Å². The Morgan fingerprint density at radius 3 is 2.31 bits per heavy atom. The summed E-state index contributed by atoms with van der Waals surface area (Å²) in [5, 5.41) is 36.0. The molecular formula is C19H21N10O4S2+. The predicted molar refractivity (Wildman–Crippen MR) is 121 cm³/mol. The number of nitrogens with one attached hydrogen (secondary N) is 2. The van der Waals surface area contributed by atoms with Gasteiger partial charge in [-0.25, -0.2) is 27.1 Å². The average molecular weight is 518 g/mol. The molecule has 2 heterocycles. The zero-order valence-corrected chi connectivity index (χ0v) is 20.0. The van der Waals surface area contributed by atoms with E-state index in [4.69, 9.17) is 10.3 Å². The van der Waals surface area contributed by atoms with Gasteiger partial charge in [-0.1, -0.05) is 18.6 Å². The molecule has 1 aliphatic carbocycles. The highest BCUT2D eigenvalue weighted by Crippen LogP contribution is 2.43. The molecule has 0 amide bonds. The Labute approximate surface area is 199 Å². The lowest BCUT2D eigenvalue weighted by molar-refractivity contribution is -0.716.